The Balaban J connectivity index is 1.26. The molecule has 0 N–H and O–H groups in total. The fourth-order valence-electron chi connectivity index (χ4n) is 3.45. The van der Waals surface area contributed by atoms with E-state index in [1.807, 2.05) is 30.3 Å². The molecule has 144 valence electrons. The predicted octanol–water partition coefficient (Wildman–Crippen LogP) is 1.54. The van der Waals surface area contributed by atoms with Crippen molar-refractivity contribution >= 4 is 11.8 Å². The van der Waals surface area contributed by atoms with Gasteiger partial charge in [-0.05, 0) is 33.8 Å². The van der Waals surface area contributed by atoms with E-state index in [1.54, 1.807) is 23.1 Å². The fourth-order valence-corrected chi connectivity index (χ4v) is 4.19. The van der Waals surface area contributed by atoms with Crippen LogP contribution in [0.3, 0.4) is 0 Å². The van der Waals surface area contributed by atoms with Crippen molar-refractivity contribution in [3.05, 3.63) is 54.4 Å². The third-order valence-corrected chi connectivity index (χ3v) is 5.63. The summed E-state index contributed by atoms with van der Waals surface area (Å²) in [5, 5.41) is 13.3. The van der Waals surface area contributed by atoms with Crippen LogP contribution in [0.1, 0.15) is 11.6 Å². The van der Waals surface area contributed by atoms with Gasteiger partial charge in [0.1, 0.15) is 24.4 Å². The van der Waals surface area contributed by atoms with Crippen LogP contribution in [-0.4, -0.2) is 61.7 Å². The Bertz CT molecular complexity index is 912. The molecule has 2 saturated heterocycles. The lowest BCUT2D eigenvalue weighted by Gasteiger charge is -2.17. The molecular formula is C18H18N6O3S. The number of benzene rings is 1. The number of fused-ring (bicyclic) bond motifs is 1. The Hall–Kier alpha value is -2.40. The van der Waals surface area contributed by atoms with Crippen molar-refractivity contribution in [1.29, 1.82) is 0 Å². The Morgan fingerprint density at radius 2 is 1.86 bits per heavy atom. The summed E-state index contributed by atoms with van der Waals surface area (Å²) in [7, 11) is 0. The average molecular weight is 398 g/mol. The maximum Gasteiger partial charge on any atom is 0.217 e. The Labute approximate surface area is 165 Å². The van der Waals surface area contributed by atoms with Gasteiger partial charge in [-0.1, -0.05) is 30.3 Å². The van der Waals surface area contributed by atoms with Crippen LogP contribution >= 0.6 is 11.8 Å². The van der Waals surface area contributed by atoms with Crippen molar-refractivity contribution in [1.82, 2.24) is 30.2 Å². The molecule has 0 radical (unpaired) electrons. The molecule has 10 heteroatoms. The highest BCUT2D eigenvalue weighted by Crippen LogP contribution is 2.37. The first-order valence-electron chi connectivity index (χ1n) is 9.00. The van der Waals surface area contributed by atoms with Gasteiger partial charge in [-0.3, -0.25) is 0 Å². The van der Waals surface area contributed by atoms with Crippen LogP contribution in [0, 0.1) is 0 Å². The van der Waals surface area contributed by atoms with E-state index in [4.69, 9.17) is 14.2 Å². The number of hydrogen-bond acceptors (Lipinski definition) is 9. The third kappa shape index (κ3) is 3.51. The lowest BCUT2D eigenvalue weighted by atomic mass is 10.1. The molecule has 9 nitrogen and oxygen atoms in total. The summed E-state index contributed by atoms with van der Waals surface area (Å²) >= 11 is 1.31. The van der Waals surface area contributed by atoms with Gasteiger partial charge < -0.3 is 14.2 Å². The Morgan fingerprint density at radius 1 is 1.04 bits per heavy atom. The maximum absolute atomic E-state index is 6.06. The van der Waals surface area contributed by atoms with Gasteiger partial charge in [0.05, 0.1) is 19.8 Å². The first kappa shape index (κ1) is 17.7. The summed E-state index contributed by atoms with van der Waals surface area (Å²) in [6.07, 6.45) is 2.98. The van der Waals surface area contributed by atoms with Crippen molar-refractivity contribution < 1.29 is 14.2 Å². The predicted molar refractivity (Wildman–Crippen MR) is 97.5 cm³/mol. The second-order valence-corrected chi connectivity index (χ2v) is 7.47. The number of aromatic nitrogens is 6. The number of nitrogens with zero attached hydrogens (tertiary/aromatic N) is 6. The van der Waals surface area contributed by atoms with Crippen LogP contribution < -0.4 is 0 Å². The standard InChI is InChI=1S/C18H18N6O3S/c1-2-5-12(6-3-1)9-25-14-11-27-15-13(10-26-16(14)15)24-18(21-22-23-24)28-17-19-7-4-8-20-17/h1-8,13-16H,9-11H2/t13-,14+,15+,16+/m0/s1. The SMILES string of the molecule is c1ccc(CO[C@@H]2CO[C@H]3[C@@H]2OC[C@@H]3n2nnnc2Sc2ncccn2)cc1. The molecule has 2 aliphatic heterocycles. The quantitative estimate of drug-likeness (QED) is 0.573. The van der Waals surface area contributed by atoms with E-state index < -0.39 is 0 Å². The van der Waals surface area contributed by atoms with Gasteiger partial charge in [-0.15, -0.1) is 5.10 Å². The molecule has 0 unspecified atom stereocenters. The Kier molecular flexibility index (Phi) is 5.00. The molecule has 4 heterocycles. The summed E-state index contributed by atoms with van der Waals surface area (Å²) < 4.78 is 19.8. The topological polar surface area (TPSA) is 97.1 Å². The van der Waals surface area contributed by atoms with E-state index in [9.17, 15) is 0 Å². The van der Waals surface area contributed by atoms with Crippen LogP contribution in [0.25, 0.3) is 0 Å². The van der Waals surface area contributed by atoms with Crippen LogP contribution in [0.4, 0.5) is 0 Å². The molecule has 2 aliphatic rings. The van der Waals surface area contributed by atoms with E-state index in [-0.39, 0.29) is 24.4 Å². The minimum absolute atomic E-state index is 0.111. The van der Waals surface area contributed by atoms with Crippen LogP contribution in [0.15, 0.2) is 59.1 Å². The molecule has 0 spiro atoms. The van der Waals surface area contributed by atoms with Gasteiger partial charge in [0.15, 0.2) is 5.16 Å². The molecule has 2 fully saturated rings. The summed E-state index contributed by atoms with van der Waals surface area (Å²) in [4.78, 5) is 8.43. The number of hydrogen-bond donors (Lipinski definition) is 0. The molecule has 0 aliphatic carbocycles. The van der Waals surface area contributed by atoms with Crippen LogP contribution in [0.2, 0.25) is 0 Å². The average Bonchev–Trinajstić information content (AvgIpc) is 3.45. The van der Waals surface area contributed by atoms with E-state index in [0.29, 0.717) is 30.1 Å². The van der Waals surface area contributed by atoms with Crippen molar-refractivity contribution in [3.8, 4) is 0 Å². The number of ether oxygens (including phenoxy) is 3. The van der Waals surface area contributed by atoms with Gasteiger partial charge in [0.25, 0.3) is 0 Å². The first-order chi connectivity index (χ1) is 13.9. The van der Waals surface area contributed by atoms with E-state index in [1.165, 1.54) is 11.8 Å². The molecule has 4 atom stereocenters. The van der Waals surface area contributed by atoms with E-state index in [2.05, 4.69) is 25.5 Å². The second-order valence-electron chi connectivity index (χ2n) is 6.54. The van der Waals surface area contributed by atoms with Crippen LogP contribution in [0.5, 0.6) is 0 Å². The van der Waals surface area contributed by atoms with Gasteiger partial charge in [-0.25, -0.2) is 14.6 Å². The van der Waals surface area contributed by atoms with Gasteiger partial charge in [0.2, 0.25) is 5.16 Å². The van der Waals surface area contributed by atoms with Crippen molar-refractivity contribution in [3.63, 3.8) is 0 Å². The smallest absolute Gasteiger partial charge is 0.217 e. The van der Waals surface area contributed by atoms with Gasteiger partial charge in [-0.2, -0.15) is 0 Å². The molecule has 0 bridgehead atoms. The normalized spacial score (nSPS) is 26.4. The van der Waals surface area contributed by atoms with Crippen molar-refractivity contribution in [2.45, 2.75) is 41.3 Å². The zero-order valence-electron chi connectivity index (χ0n) is 14.9. The molecule has 0 amide bonds. The monoisotopic (exact) mass is 398 g/mol. The molecule has 2 aromatic heterocycles. The van der Waals surface area contributed by atoms with E-state index in [0.717, 1.165) is 5.56 Å². The number of tetrazole rings is 1. The lowest BCUT2D eigenvalue weighted by molar-refractivity contribution is -0.0401. The first-order valence-corrected chi connectivity index (χ1v) is 9.81. The molecule has 28 heavy (non-hydrogen) atoms. The highest BCUT2D eigenvalue weighted by atomic mass is 32.2. The van der Waals surface area contributed by atoms with Gasteiger partial charge in [0, 0.05) is 12.4 Å². The summed E-state index contributed by atoms with van der Waals surface area (Å²) in [6, 6.07) is 11.7. The zero-order valence-corrected chi connectivity index (χ0v) is 15.7. The minimum Gasteiger partial charge on any atom is -0.370 e. The highest BCUT2D eigenvalue weighted by molar-refractivity contribution is 7.99. The summed E-state index contributed by atoms with van der Waals surface area (Å²) in [6.45, 7) is 1.49. The van der Waals surface area contributed by atoms with Crippen molar-refractivity contribution in [2.75, 3.05) is 13.2 Å². The fraction of sp³-hybridized carbons (Fsp3) is 0.389. The Morgan fingerprint density at radius 3 is 2.71 bits per heavy atom. The molecule has 3 aromatic rings. The summed E-state index contributed by atoms with van der Waals surface area (Å²) in [5.41, 5.74) is 1.13. The maximum atomic E-state index is 6.06. The molecule has 1 aromatic carbocycles. The zero-order chi connectivity index (χ0) is 18.8. The third-order valence-electron chi connectivity index (χ3n) is 4.79. The highest BCUT2D eigenvalue weighted by Gasteiger charge is 2.50. The lowest BCUT2D eigenvalue weighted by Crippen LogP contribution is -2.32. The molecule has 0 saturated carbocycles. The van der Waals surface area contributed by atoms with Gasteiger partial charge >= 0.3 is 0 Å². The molecule has 5 rings (SSSR count). The van der Waals surface area contributed by atoms with Crippen molar-refractivity contribution in [2.24, 2.45) is 0 Å². The number of rotatable bonds is 6. The van der Waals surface area contributed by atoms with E-state index >= 15 is 0 Å². The summed E-state index contributed by atoms with van der Waals surface area (Å²) in [5.74, 6) is 0. The minimum atomic E-state index is -0.152. The second kappa shape index (κ2) is 7.92. The van der Waals surface area contributed by atoms with Crippen LogP contribution in [-0.2, 0) is 20.8 Å². The largest absolute Gasteiger partial charge is 0.370 e. The molecular weight excluding hydrogens is 380 g/mol.